The van der Waals surface area contributed by atoms with Gasteiger partial charge in [-0.05, 0) is 19.9 Å². The monoisotopic (exact) mass is 354 g/mol. The zero-order valence-electron chi connectivity index (χ0n) is 11.5. The first-order valence-electron chi connectivity index (χ1n) is 5.85. The fourth-order valence-corrected chi connectivity index (χ4v) is 1.90. The summed E-state index contributed by atoms with van der Waals surface area (Å²) in [6.07, 6.45) is -2.02. The Kier molecular flexibility index (Phi) is 6.58. The van der Waals surface area contributed by atoms with Crippen LogP contribution < -0.4 is 4.74 Å². The van der Waals surface area contributed by atoms with E-state index in [0.717, 1.165) is 0 Å². The summed E-state index contributed by atoms with van der Waals surface area (Å²) in [6.45, 7) is 2.84. The number of hydrogen-bond donors (Lipinski definition) is 0. The molecule has 1 aromatic rings. The Morgan fingerprint density at radius 1 is 0.952 bits per heavy atom. The Labute approximate surface area is 137 Å². The van der Waals surface area contributed by atoms with E-state index < -0.39 is 24.1 Å². The summed E-state index contributed by atoms with van der Waals surface area (Å²) in [5.74, 6) is -1.22. The number of ether oxygens (including phenoxy) is 3. The van der Waals surface area contributed by atoms with Gasteiger partial charge in [-0.3, -0.25) is 0 Å². The van der Waals surface area contributed by atoms with E-state index >= 15 is 0 Å². The number of rotatable bonds is 5. The van der Waals surface area contributed by atoms with Crippen LogP contribution in [0.25, 0.3) is 0 Å². The van der Waals surface area contributed by atoms with Crippen molar-refractivity contribution < 1.29 is 23.8 Å². The molecule has 0 saturated carbocycles. The van der Waals surface area contributed by atoms with Crippen molar-refractivity contribution in [2.24, 2.45) is 0 Å². The summed E-state index contributed by atoms with van der Waals surface area (Å²) < 4.78 is 14.7. The Morgan fingerprint density at radius 2 is 1.52 bits per heavy atom. The summed E-state index contributed by atoms with van der Waals surface area (Å²) in [7, 11) is 1.20. The predicted molar refractivity (Wildman–Crippen MR) is 79.1 cm³/mol. The molecule has 116 valence electrons. The van der Waals surface area contributed by atoms with Gasteiger partial charge in [-0.2, -0.15) is 0 Å². The normalized spacial score (nSPS) is 13.2. The molecule has 2 atom stereocenters. The van der Waals surface area contributed by atoms with Gasteiger partial charge in [0.2, 0.25) is 0 Å². The van der Waals surface area contributed by atoms with Crippen molar-refractivity contribution in [3.05, 3.63) is 27.2 Å². The van der Waals surface area contributed by atoms with E-state index in [1.807, 2.05) is 0 Å². The lowest BCUT2D eigenvalue weighted by Gasteiger charge is -2.17. The smallest absolute Gasteiger partial charge is 0.347 e. The molecular weight excluding hydrogens is 342 g/mol. The van der Waals surface area contributed by atoms with Gasteiger partial charge in [0.25, 0.3) is 0 Å². The zero-order valence-corrected chi connectivity index (χ0v) is 13.8. The van der Waals surface area contributed by atoms with Gasteiger partial charge in [-0.25, -0.2) is 9.59 Å². The molecule has 8 heteroatoms. The van der Waals surface area contributed by atoms with Gasteiger partial charge in [0.05, 0.1) is 22.2 Å². The minimum absolute atomic E-state index is 0.182. The van der Waals surface area contributed by atoms with Crippen molar-refractivity contribution in [3.8, 4) is 5.75 Å². The molecule has 0 aliphatic carbocycles. The van der Waals surface area contributed by atoms with E-state index in [0.29, 0.717) is 0 Å². The lowest BCUT2D eigenvalue weighted by Crippen LogP contribution is -2.33. The highest BCUT2D eigenvalue weighted by molar-refractivity contribution is 6.43. The molecule has 0 aromatic heterocycles. The molecule has 0 amide bonds. The number of carbonyl (C=O) groups is 2. The third-order valence-electron chi connectivity index (χ3n) is 2.44. The van der Waals surface area contributed by atoms with Crippen LogP contribution in [0.15, 0.2) is 12.1 Å². The maximum Gasteiger partial charge on any atom is 0.347 e. The number of hydrogen-bond acceptors (Lipinski definition) is 5. The Hall–Kier alpha value is -1.17. The SMILES string of the molecule is COC(=O)[C@H](C)OC(=O)[C@H](C)Oc1cc(Cl)c(Cl)cc1Cl. The molecule has 0 aliphatic heterocycles. The summed E-state index contributed by atoms with van der Waals surface area (Å²) in [4.78, 5) is 23.0. The van der Waals surface area contributed by atoms with Gasteiger partial charge in [-0.15, -0.1) is 0 Å². The van der Waals surface area contributed by atoms with Gasteiger partial charge < -0.3 is 14.2 Å². The topological polar surface area (TPSA) is 61.8 Å². The van der Waals surface area contributed by atoms with E-state index in [4.69, 9.17) is 44.3 Å². The molecule has 0 bridgehead atoms. The predicted octanol–water partition coefficient (Wildman–Crippen LogP) is 3.52. The second-order valence-electron chi connectivity index (χ2n) is 4.06. The average Bonchev–Trinajstić information content (AvgIpc) is 2.43. The van der Waals surface area contributed by atoms with Crippen LogP contribution in [0.5, 0.6) is 5.75 Å². The molecule has 1 aromatic carbocycles. The highest BCUT2D eigenvalue weighted by Gasteiger charge is 2.24. The van der Waals surface area contributed by atoms with Crippen LogP contribution in [0.3, 0.4) is 0 Å². The molecule has 21 heavy (non-hydrogen) atoms. The number of carbonyl (C=O) groups excluding carboxylic acids is 2. The number of methoxy groups -OCH3 is 1. The Balaban J connectivity index is 2.73. The number of benzene rings is 1. The molecule has 0 spiro atoms. The maximum absolute atomic E-state index is 11.8. The molecule has 0 aliphatic rings. The lowest BCUT2D eigenvalue weighted by atomic mass is 10.3. The summed E-state index contributed by atoms with van der Waals surface area (Å²) in [6, 6.07) is 2.79. The second-order valence-corrected chi connectivity index (χ2v) is 5.28. The molecular formula is C13H13Cl3O5. The molecule has 0 fully saturated rings. The lowest BCUT2D eigenvalue weighted by molar-refractivity contribution is -0.168. The van der Waals surface area contributed by atoms with Crippen LogP contribution in [0.2, 0.25) is 15.1 Å². The van der Waals surface area contributed by atoms with Crippen LogP contribution in [0.1, 0.15) is 13.8 Å². The van der Waals surface area contributed by atoms with Crippen LogP contribution in [0, 0.1) is 0 Å². The minimum atomic E-state index is -1.03. The fraction of sp³-hybridized carbons (Fsp3) is 0.385. The van der Waals surface area contributed by atoms with E-state index in [9.17, 15) is 9.59 Å². The van der Waals surface area contributed by atoms with Crippen molar-refractivity contribution in [3.63, 3.8) is 0 Å². The van der Waals surface area contributed by atoms with E-state index in [2.05, 4.69) is 4.74 Å². The molecule has 0 radical (unpaired) electrons. The Bertz CT molecular complexity index is 547. The maximum atomic E-state index is 11.8. The first kappa shape index (κ1) is 17.9. The fourth-order valence-electron chi connectivity index (χ4n) is 1.32. The third-order valence-corrected chi connectivity index (χ3v) is 3.45. The van der Waals surface area contributed by atoms with Crippen LogP contribution in [-0.2, 0) is 19.1 Å². The zero-order chi connectivity index (χ0) is 16.2. The van der Waals surface area contributed by atoms with Gasteiger partial charge in [0.15, 0.2) is 12.2 Å². The van der Waals surface area contributed by atoms with E-state index in [-0.39, 0.29) is 20.8 Å². The summed E-state index contributed by atoms with van der Waals surface area (Å²) >= 11 is 17.6. The molecule has 0 N–H and O–H groups in total. The number of halogens is 3. The van der Waals surface area contributed by atoms with Crippen molar-refractivity contribution in [2.45, 2.75) is 26.1 Å². The second kappa shape index (κ2) is 7.73. The summed E-state index contributed by atoms with van der Waals surface area (Å²) in [5, 5.41) is 0.702. The highest BCUT2D eigenvalue weighted by atomic mass is 35.5. The van der Waals surface area contributed by atoms with Crippen LogP contribution >= 0.6 is 34.8 Å². The van der Waals surface area contributed by atoms with E-state index in [1.165, 1.54) is 33.1 Å². The molecule has 0 heterocycles. The van der Waals surface area contributed by atoms with Gasteiger partial charge in [0.1, 0.15) is 5.75 Å². The third kappa shape index (κ3) is 4.95. The first-order chi connectivity index (χ1) is 9.76. The van der Waals surface area contributed by atoms with Crippen LogP contribution in [-0.4, -0.2) is 31.3 Å². The van der Waals surface area contributed by atoms with E-state index in [1.54, 1.807) is 0 Å². The van der Waals surface area contributed by atoms with Crippen molar-refractivity contribution in [1.82, 2.24) is 0 Å². The first-order valence-corrected chi connectivity index (χ1v) is 6.99. The van der Waals surface area contributed by atoms with Gasteiger partial charge in [-0.1, -0.05) is 34.8 Å². The number of esters is 2. The Morgan fingerprint density at radius 3 is 2.10 bits per heavy atom. The standard InChI is InChI=1S/C13H13Cl3O5/c1-6(12(17)19-3)21-13(18)7(2)20-11-5-9(15)8(14)4-10(11)16/h4-7H,1-3H3/t6-,7-/m0/s1. The molecule has 0 unspecified atom stereocenters. The minimum Gasteiger partial charge on any atom is -0.477 e. The van der Waals surface area contributed by atoms with Gasteiger partial charge >= 0.3 is 11.9 Å². The highest BCUT2D eigenvalue weighted by Crippen LogP contribution is 2.34. The largest absolute Gasteiger partial charge is 0.477 e. The van der Waals surface area contributed by atoms with Crippen LogP contribution in [0.4, 0.5) is 0 Å². The van der Waals surface area contributed by atoms with Gasteiger partial charge in [0, 0.05) is 6.07 Å². The molecule has 5 nitrogen and oxygen atoms in total. The molecule has 0 saturated heterocycles. The quantitative estimate of drug-likeness (QED) is 0.597. The summed E-state index contributed by atoms with van der Waals surface area (Å²) in [5.41, 5.74) is 0. The van der Waals surface area contributed by atoms with Crippen molar-refractivity contribution >= 4 is 46.7 Å². The van der Waals surface area contributed by atoms with Crippen molar-refractivity contribution in [1.29, 1.82) is 0 Å². The molecule has 1 rings (SSSR count). The van der Waals surface area contributed by atoms with Crippen molar-refractivity contribution in [2.75, 3.05) is 7.11 Å². The average molecular weight is 356 g/mol.